The molecule has 1 amide bonds. The van der Waals surface area contributed by atoms with E-state index in [2.05, 4.69) is 10.2 Å². The number of likely N-dealkylation sites (tertiary alicyclic amines) is 1. The minimum atomic E-state index is -0.552. The van der Waals surface area contributed by atoms with E-state index in [1.54, 1.807) is 0 Å². The van der Waals surface area contributed by atoms with Crippen LogP contribution >= 0.6 is 0 Å². The normalized spacial score (nSPS) is 29.9. The van der Waals surface area contributed by atoms with E-state index in [1.807, 2.05) is 69.3 Å². The summed E-state index contributed by atoms with van der Waals surface area (Å²) in [6.45, 7) is 6.85. The van der Waals surface area contributed by atoms with Crippen molar-refractivity contribution in [1.29, 1.82) is 0 Å². The summed E-state index contributed by atoms with van der Waals surface area (Å²) >= 11 is 0. The lowest BCUT2D eigenvalue weighted by molar-refractivity contribution is -0.255. The van der Waals surface area contributed by atoms with Crippen LogP contribution in [0.1, 0.15) is 94.8 Å². The van der Waals surface area contributed by atoms with Crippen LogP contribution in [0.25, 0.3) is 0 Å². The van der Waals surface area contributed by atoms with Crippen molar-refractivity contribution < 1.29 is 19.4 Å². The van der Waals surface area contributed by atoms with Crippen LogP contribution in [-0.4, -0.2) is 46.2 Å². The molecule has 2 aromatic rings. The number of ether oxygens (including phenoxy) is 2. The van der Waals surface area contributed by atoms with Crippen LogP contribution in [0.4, 0.5) is 5.69 Å². The zero-order valence-electron chi connectivity index (χ0n) is 23.6. The van der Waals surface area contributed by atoms with Gasteiger partial charge >= 0.3 is 0 Å². The topological polar surface area (TPSA) is 97.1 Å². The number of nitrogens with zero attached hydrogens (tertiary/aromatic N) is 1. The number of aliphatic hydroxyl groups excluding tert-OH is 1. The largest absolute Gasteiger partial charge is 0.399 e. The molecule has 0 unspecified atom stereocenters. The van der Waals surface area contributed by atoms with Gasteiger partial charge in [0.1, 0.15) is 0 Å². The van der Waals surface area contributed by atoms with Crippen molar-refractivity contribution >= 4 is 11.6 Å². The standard InChI is InChI=1S/C32H45N3O4/c1-32(2,3)34-30(37)28-16-15-22-7-4-5-10-27(22)35(28)19-26-18-29(23-13-11-21(20-36)12-14-23)39-31(38-26)24-8-6-9-25(33)17-24/h6,8-9,11-14,17,22,26-29,31,36H,4-5,7,10,15-16,18-20,33H2,1-3H3,(H,34,37)/t22-,26+,27-,28-,29-,31-/m1/s1. The van der Waals surface area contributed by atoms with Gasteiger partial charge in [-0.2, -0.15) is 0 Å². The first-order valence-corrected chi connectivity index (χ1v) is 14.6. The summed E-state index contributed by atoms with van der Waals surface area (Å²) in [5.41, 5.74) is 9.35. The molecule has 0 aromatic heterocycles. The van der Waals surface area contributed by atoms with Crippen LogP contribution in [-0.2, 0) is 20.9 Å². The highest BCUT2D eigenvalue weighted by molar-refractivity contribution is 5.82. The molecule has 2 saturated heterocycles. The summed E-state index contributed by atoms with van der Waals surface area (Å²) in [7, 11) is 0. The number of carbonyl (C=O) groups is 1. The van der Waals surface area contributed by atoms with E-state index < -0.39 is 6.29 Å². The minimum absolute atomic E-state index is 0.0129. The first-order valence-electron chi connectivity index (χ1n) is 14.6. The molecule has 4 N–H and O–H groups in total. The summed E-state index contributed by atoms with van der Waals surface area (Å²) in [4.78, 5) is 16.0. The Hall–Kier alpha value is -2.45. The number of carbonyl (C=O) groups excluding carboxylic acids is 1. The Kier molecular flexibility index (Phi) is 8.62. The minimum Gasteiger partial charge on any atom is -0.399 e. The molecular weight excluding hydrogens is 490 g/mol. The highest BCUT2D eigenvalue weighted by Crippen LogP contribution is 2.42. The average Bonchev–Trinajstić information content (AvgIpc) is 2.92. The summed E-state index contributed by atoms with van der Waals surface area (Å²) in [6, 6.07) is 15.9. The van der Waals surface area contributed by atoms with Gasteiger partial charge in [0.2, 0.25) is 5.91 Å². The molecule has 0 spiro atoms. The Morgan fingerprint density at radius 2 is 1.79 bits per heavy atom. The third-order valence-electron chi connectivity index (χ3n) is 8.52. The van der Waals surface area contributed by atoms with Gasteiger partial charge in [0.05, 0.1) is 24.9 Å². The molecule has 1 saturated carbocycles. The van der Waals surface area contributed by atoms with Gasteiger partial charge < -0.3 is 25.6 Å². The number of fused-ring (bicyclic) bond motifs is 1. The molecule has 7 nitrogen and oxygen atoms in total. The lowest BCUT2D eigenvalue weighted by Crippen LogP contribution is -2.61. The third-order valence-corrected chi connectivity index (χ3v) is 8.52. The molecule has 5 rings (SSSR count). The molecule has 6 atom stereocenters. The predicted molar refractivity (Wildman–Crippen MR) is 153 cm³/mol. The zero-order valence-corrected chi connectivity index (χ0v) is 23.6. The fraction of sp³-hybridized carbons (Fsp3) is 0.594. The van der Waals surface area contributed by atoms with Gasteiger partial charge in [0.15, 0.2) is 6.29 Å². The van der Waals surface area contributed by atoms with E-state index in [1.165, 1.54) is 19.3 Å². The summed E-state index contributed by atoms with van der Waals surface area (Å²) in [5.74, 6) is 0.769. The molecule has 212 valence electrons. The van der Waals surface area contributed by atoms with E-state index in [9.17, 15) is 9.90 Å². The first kappa shape index (κ1) is 28.1. The van der Waals surface area contributed by atoms with Crippen LogP contribution in [0, 0.1) is 5.92 Å². The maximum atomic E-state index is 13.6. The molecule has 39 heavy (non-hydrogen) atoms. The van der Waals surface area contributed by atoms with Crippen LogP contribution in [0.2, 0.25) is 0 Å². The van der Waals surface area contributed by atoms with Gasteiger partial charge in [-0.25, -0.2) is 0 Å². The number of amides is 1. The van der Waals surface area contributed by atoms with Crippen molar-refractivity contribution in [2.45, 2.75) is 108 Å². The van der Waals surface area contributed by atoms with Crippen molar-refractivity contribution in [1.82, 2.24) is 10.2 Å². The van der Waals surface area contributed by atoms with Crippen molar-refractivity contribution in [3.05, 3.63) is 65.2 Å². The fourth-order valence-electron chi connectivity index (χ4n) is 6.70. The summed E-state index contributed by atoms with van der Waals surface area (Å²) in [6.07, 6.45) is 6.74. The van der Waals surface area contributed by atoms with Crippen molar-refractivity contribution in [3.63, 3.8) is 0 Å². The molecule has 2 aliphatic heterocycles. The van der Waals surface area contributed by atoms with E-state index in [0.717, 1.165) is 36.0 Å². The number of nitrogens with two attached hydrogens (primary N) is 1. The molecule has 7 heteroatoms. The Balaban J connectivity index is 1.42. The third kappa shape index (κ3) is 6.83. The predicted octanol–water partition coefficient (Wildman–Crippen LogP) is 5.24. The number of nitrogen functional groups attached to an aromatic ring is 1. The fourth-order valence-corrected chi connectivity index (χ4v) is 6.70. The van der Waals surface area contributed by atoms with Crippen molar-refractivity contribution in [2.75, 3.05) is 12.3 Å². The van der Waals surface area contributed by atoms with Crippen molar-refractivity contribution in [3.8, 4) is 0 Å². The maximum Gasteiger partial charge on any atom is 0.237 e. The van der Waals surface area contributed by atoms with Crippen LogP contribution in [0.3, 0.4) is 0 Å². The molecule has 3 aliphatic rings. The molecule has 2 heterocycles. The molecule has 1 aliphatic carbocycles. The number of piperidine rings is 1. The van der Waals surface area contributed by atoms with Gasteiger partial charge in [-0.1, -0.05) is 49.2 Å². The maximum absolute atomic E-state index is 13.6. The molecular formula is C32H45N3O4. The Bertz CT molecular complexity index is 1120. The Morgan fingerprint density at radius 3 is 2.51 bits per heavy atom. The smallest absolute Gasteiger partial charge is 0.237 e. The lowest BCUT2D eigenvalue weighted by Gasteiger charge is -2.50. The van der Waals surface area contributed by atoms with E-state index >= 15 is 0 Å². The van der Waals surface area contributed by atoms with E-state index in [-0.39, 0.29) is 36.3 Å². The van der Waals surface area contributed by atoms with E-state index in [0.29, 0.717) is 30.6 Å². The van der Waals surface area contributed by atoms with Crippen LogP contribution in [0.15, 0.2) is 48.5 Å². The monoisotopic (exact) mass is 535 g/mol. The lowest BCUT2D eigenvalue weighted by atomic mass is 9.75. The number of anilines is 1. The quantitative estimate of drug-likeness (QED) is 0.438. The summed E-state index contributed by atoms with van der Waals surface area (Å²) in [5, 5.41) is 12.8. The van der Waals surface area contributed by atoms with Crippen LogP contribution in [0.5, 0.6) is 0 Å². The van der Waals surface area contributed by atoms with Crippen molar-refractivity contribution in [2.24, 2.45) is 5.92 Å². The van der Waals surface area contributed by atoms with Gasteiger partial charge in [-0.05, 0) is 75.6 Å². The molecule has 2 aromatic carbocycles. The Morgan fingerprint density at radius 1 is 1.03 bits per heavy atom. The average molecular weight is 536 g/mol. The van der Waals surface area contributed by atoms with Gasteiger partial charge in [0, 0.05) is 35.8 Å². The number of hydrogen-bond donors (Lipinski definition) is 3. The Labute approximate surface area is 233 Å². The van der Waals surface area contributed by atoms with Gasteiger partial charge in [-0.3, -0.25) is 9.69 Å². The molecule has 0 radical (unpaired) electrons. The van der Waals surface area contributed by atoms with Gasteiger partial charge in [0.25, 0.3) is 0 Å². The second-order valence-corrected chi connectivity index (χ2v) is 12.7. The molecule has 0 bridgehead atoms. The van der Waals surface area contributed by atoms with Crippen LogP contribution < -0.4 is 11.1 Å². The second kappa shape index (κ2) is 12.0. The highest BCUT2D eigenvalue weighted by Gasteiger charge is 2.44. The first-order chi connectivity index (χ1) is 18.7. The number of benzene rings is 2. The SMILES string of the molecule is CC(C)(C)NC(=O)[C@H]1CC[C@H]2CCCC[C@H]2N1C[C@@H]1C[C@H](c2ccc(CO)cc2)O[C@H](c2cccc(N)c2)O1. The second-order valence-electron chi connectivity index (χ2n) is 12.7. The van der Waals surface area contributed by atoms with Gasteiger partial charge in [-0.15, -0.1) is 0 Å². The van der Waals surface area contributed by atoms with E-state index in [4.69, 9.17) is 15.2 Å². The molecule has 3 fully saturated rings. The highest BCUT2D eigenvalue weighted by atomic mass is 16.7. The number of rotatable bonds is 6. The summed E-state index contributed by atoms with van der Waals surface area (Å²) < 4.78 is 13.2. The number of aliphatic hydroxyl groups is 1. The number of hydrogen-bond acceptors (Lipinski definition) is 6. The zero-order chi connectivity index (χ0) is 27.6. The number of nitrogens with one attached hydrogen (secondary N) is 1.